The highest BCUT2D eigenvalue weighted by Gasteiger charge is 2.35. The monoisotopic (exact) mass is 676 g/mol. The molecule has 0 atom stereocenters. The third kappa shape index (κ3) is 4.27. The van der Waals surface area contributed by atoms with Gasteiger partial charge in [-0.3, -0.25) is 0 Å². The molecule has 53 heavy (non-hydrogen) atoms. The molecule has 1 aliphatic carbocycles. The topological polar surface area (TPSA) is 9.86 Å². The lowest BCUT2D eigenvalue weighted by molar-refractivity contribution is 0.660. The van der Waals surface area contributed by atoms with Gasteiger partial charge in [-0.1, -0.05) is 147 Å². The van der Waals surface area contributed by atoms with Crippen molar-refractivity contribution in [1.29, 1.82) is 0 Å². The molecule has 0 fully saturated rings. The molecule has 0 N–H and O–H groups in total. The van der Waals surface area contributed by atoms with E-state index in [1.807, 2.05) is 0 Å². The predicted molar refractivity (Wildman–Crippen MR) is 224 cm³/mol. The molecule has 0 bridgehead atoms. The van der Waals surface area contributed by atoms with Crippen molar-refractivity contribution >= 4 is 43.6 Å². The third-order valence-corrected chi connectivity index (χ3v) is 11.7. The molecule has 8 aromatic carbocycles. The van der Waals surface area contributed by atoms with E-state index in [0.29, 0.717) is 0 Å². The van der Waals surface area contributed by atoms with Crippen molar-refractivity contribution in [1.82, 2.24) is 9.13 Å². The van der Waals surface area contributed by atoms with E-state index in [2.05, 4.69) is 205 Å². The van der Waals surface area contributed by atoms with Crippen LogP contribution in [0.15, 0.2) is 182 Å². The fourth-order valence-electron chi connectivity index (χ4n) is 9.31. The molecule has 250 valence electrons. The quantitative estimate of drug-likeness (QED) is 0.176. The van der Waals surface area contributed by atoms with E-state index in [4.69, 9.17) is 0 Å². The second-order valence-electron chi connectivity index (χ2n) is 14.9. The Morgan fingerprint density at radius 1 is 0.340 bits per heavy atom. The minimum atomic E-state index is -0.0718. The van der Waals surface area contributed by atoms with Crippen molar-refractivity contribution in [3.8, 4) is 44.8 Å². The Morgan fingerprint density at radius 2 is 0.811 bits per heavy atom. The van der Waals surface area contributed by atoms with Gasteiger partial charge in [-0.15, -0.1) is 0 Å². The van der Waals surface area contributed by atoms with E-state index in [0.717, 1.165) is 5.69 Å². The van der Waals surface area contributed by atoms with Crippen LogP contribution in [0.3, 0.4) is 0 Å². The predicted octanol–water partition coefficient (Wildman–Crippen LogP) is 13.5. The van der Waals surface area contributed by atoms with Gasteiger partial charge in [-0.25, -0.2) is 0 Å². The molecule has 0 radical (unpaired) electrons. The van der Waals surface area contributed by atoms with Gasteiger partial charge in [0.2, 0.25) is 0 Å². The highest BCUT2D eigenvalue weighted by molar-refractivity contribution is 6.22. The van der Waals surface area contributed by atoms with Gasteiger partial charge >= 0.3 is 0 Å². The van der Waals surface area contributed by atoms with Crippen molar-refractivity contribution in [2.24, 2.45) is 0 Å². The number of fused-ring (bicyclic) bond motifs is 9. The molecule has 2 heteroatoms. The molecule has 0 spiro atoms. The number of rotatable bonds is 4. The first-order valence-electron chi connectivity index (χ1n) is 18.5. The molecule has 2 aromatic heterocycles. The average molecular weight is 677 g/mol. The van der Waals surface area contributed by atoms with Crippen LogP contribution in [0, 0.1) is 0 Å². The minimum Gasteiger partial charge on any atom is -0.309 e. The Morgan fingerprint density at radius 3 is 1.47 bits per heavy atom. The van der Waals surface area contributed by atoms with E-state index in [-0.39, 0.29) is 5.41 Å². The lowest BCUT2D eigenvalue weighted by Crippen LogP contribution is -2.15. The van der Waals surface area contributed by atoms with Crippen LogP contribution in [-0.2, 0) is 5.41 Å². The normalized spacial score (nSPS) is 13.2. The number of aromatic nitrogens is 2. The molecule has 0 aliphatic heterocycles. The Kier molecular flexibility index (Phi) is 6.33. The van der Waals surface area contributed by atoms with E-state index in [9.17, 15) is 0 Å². The molecule has 0 saturated heterocycles. The van der Waals surface area contributed by atoms with E-state index >= 15 is 0 Å². The zero-order valence-electron chi connectivity index (χ0n) is 29.7. The average Bonchev–Trinajstić information content (AvgIpc) is 3.82. The molecule has 1 aliphatic rings. The van der Waals surface area contributed by atoms with Crippen molar-refractivity contribution in [3.63, 3.8) is 0 Å². The zero-order valence-corrected chi connectivity index (χ0v) is 29.7. The Hall–Kier alpha value is -6.64. The van der Waals surface area contributed by atoms with Crippen molar-refractivity contribution in [2.45, 2.75) is 19.3 Å². The molecule has 0 saturated carbocycles. The molecule has 2 heterocycles. The molecule has 2 nitrogen and oxygen atoms in total. The summed E-state index contributed by atoms with van der Waals surface area (Å²) < 4.78 is 4.90. The maximum absolute atomic E-state index is 2.48. The van der Waals surface area contributed by atoms with E-state index in [1.165, 1.54) is 93.8 Å². The largest absolute Gasteiger partial charge is 0.309 e. The zero-order chi connectivity index (χ0) is 35.3. The second kappa shape index (κ2) is 11.2. The summed E-state index contributed by atoms with van der Waals surface area (Å²) in [6.45, 7) is 4.72. The molecule has 0 unspecified atom stereocenters. The first-order chi connectivity index (χ1) is 26.1. The van der Waals surface area contributed by atoms with E-state index < -0.39 is 0 Å². The van der Waals surface area contributed by atoms with Gasteiger partial charge < -0.3 is 9.13 Å². The van der Waals surface area contributed by atoms with Crippen molar-refractivity contribution in [3.05, 3.63) is 193 Å². The molecule has 11 rings (SSSR count). The summed E-state index contributed by atoms with van der Waals surface area (Å²) in [4.78, 5) is 0. The number of hydrogen-bond donors (Lipinski definition) is 0. The van der Waals surface area contributed by atoms with Crippen LogP contribution >= 0.6 is 0 Å². The van der Waals surface area contributed by atoms with E-state index in [1.54, 1.807) is 0 Å². The number of para-hydroxylation sites is 2. The first-order valence-corrected chi connectivity index (χ1v) is 18.5. The highest BCUT2D eigenvalue weighted by Crippen LogP contribution is 2.50. The summed E-state index contributed by atoms with van der Waals surface area (Å²) in [6, 6.07) is 67.0. The Bertz CT molecular complexity index is 3060. The van der Waals surface area contributed by atoms with Crippen LogP contribution in [0.2, 0.25) is 0 Å². The summed E-state index contributed by atoms with van der Waals surface area (Å²) >= 11 is 0. The second-order valence-corrected chi connectivity index (χ2v) is 14.9. The van der Waals surface area contributed by atoms with Crippen LogP contribution in [0.1, 0.15) is 25.0 Å². The summed E-state index contributed by atoms with van der Waals surface area (Å²) in [6.07, 6.45) is 0. The van der Waals surface area contributed by atoms with Gasteiger partial charge in [-0.05, 0) is 93.0 Å². The van der Waals surface area contributed by atoms with Crippen LogP contribution in [-0.4, -0.2) is 9.13 Å². The van der Waals surface area contributed by atoms with Crippen LogP contribution in [0.25, 0.3) is 88.4 Å². The number of benzene rings is 8. The Balaban J connectivity index is 1.14. The standard InChI is InChI=1S/C51H36N2/c1-51(2)43-21-9-6-16-37(43)38-31-30-36(32-44(38)51)53-46-23-11-8-18-42(46)50-40(20-13-25-48(50)53)39-19-12-24-47-49(39)41-17-7-10-22-45(41)52(47)35-28-26-34(27-29-35)33-14-4-3-5-15-33/h3-32H,1-2H3. The van der Waals surface area contributed by atoms with Crippen molar-refractivity contribution < 1.29 is 0 Å². The summed E-state index contributed by atoms with van der Waals surface area (Å²) in [5.74, 6) is 0. The SMILES string of the molecule is CC1(C)c2ccccc2-c2ccc(-n3c4ccccc4c4c(-c5cccc6c5c5ccccc5n6-c5ccc(-c6ccccc6)cc5)cccc43)cc21. The van der Waals surface area contributed by atoms with Gasteiger partial charge in [0.25, 0.3) is 0 Å². The van der Waals surface area contributed by atoms with Crippen LogP contribution < -0.4 is 0 Å². The van der Waals surface area contributed by atoms with Gasteiger partial charge in [0, 0.05) is 38.3 Å². The summed E-state index contributed by atoms with van der Waals surface area (Å²) in [7, 11) is 0. The summed E-state index contributed by atoms with van der Waals surface area (Å²) in [5.41, 5.74) is 17.5. The maximum Gasteiger partial charge on any atom is 0.0547 e. The minimum absolute atomic E-state index is 0.0718. The van der Waals surface area contributed by atoms with Gasteiger partial charge in [-0.2, -0.15) is 0 Å². The van der Waals surface area contributed by atoms with Crippen LogP contribution in [0.4, 0.5) is 0 Å². The summed E-state index contributed by atoms with van der Waals surface area (Å²) in [5, 5.41) is 5.07. The van der Waals surface area contributed by atoms with Crippen molar-refractivity contribution in [2.75, 3.05) is 0 Å². The maximum atomic E-state index is 2.48. The molecule has 0 amide bonds. The highest BCUT2D eigenvalue weighted by atomic mass is 15.0. The molecular formula is C51H36N2. The first kappa shape index (κ1) is 30.0. The number of hydrogen-bond acceptors (Lipinski definition) is 0. The fraction of sp³-hybridized carbons (Fsp3) is 0.0588. The lowest BCUT2D eigenvalue weighted by atomic mass is 9.82. The van der Waals surface area contributed by atoms with Gasteiger partial charge in [0.05, 0.1) is 22.1 Å². The Labute approximate surface area is 308 Å². The van der Waals surface area contributed by atoms with Crippen LogP contribution in [0.5, 0.6) is 0 Å². The number of nitrogens with zero attached hydrogens (tertiary/aromatic N) is 2. The fourth-order valence-corrected chi connectivity index (χ4v) is 9.31. The third-order valence-electron chi connectivity index (χ3n) is 11.7. The van der Waals surface area contributed by atoms with Gasteiger partial charge in [0.15, 0.2) is 0 Å². The smallest absolute Gasteiger partial charge is 0.0547 e. The lowest BCUT2D eigenvalue weighted by Gasteiger charge is -2.22. The molecular weight excluding hydrogens is 641 g/mol. The van der Waals surface area contributed by atoms with Gasteiger partial charge in [0.1, 0.15) is 0 Å². The molecule has 10 aromatic rings.